The van der Waals surface area contributed by atoms with E-state index in [1.54, 1.807) is 60.7 Å². The van der Waals surface area contributed by atoms with Gasteiger partial charge in [-0.2, -0.15) is 5.26 Å². The number of nitrogens with zero attached hydrogens (tertiary/aromatic N) is 1. The fraction of sp³-hybridized carbons (Fsp3) is 0. The lowest BCUT2D eigenvalue weighted by Crippen LogP contribution is -2.13. The van der Waals surface area contributed by atoms with E-state index in [0.29, 0.717) is 22.5 Å². The van der Waals surface area contributed by atoms with Crippen molar-refractivity contribution in [1.82, 2.24) is 0 Å². The van der Waals surface area contributed by atoms with Gasteiger partial charge >= 0.3 is 0 Å². The molecule has 0 aromatic heterocycles. The van der Waals surface area contributed by atoms with Gasteiger partial charge in [-0.05, 0) is 54.1 Å². The summed E-state index contributed by atoms with van der Waals surface area (Å²) >= 11 is 0. The van der Waals surface area contributed by atoms with Crippen molar-refractivity contribution in [3.63, 3.8) is 0 Å². The van der Waals surface area contributed by atoms with Gasteiger partial charge in [-0.1, -0.05) is 36.4 Å². The molecular formula is C22H17N3O3S. The summed E-state index contributed by atoms with van der Waals surface area (Å²) in [6.45, 7) is 0. The molecule has 3 rings (SSSR count). The van der Waals surface area contributed by atoms with Crippen LogP contribution in [0.5, 0.6) is 0 Å². The molecule has 144 valence electrons. The number of nitriles is 1. The number of rotatable bonds is 6. The first kappa shape index (κ1) is 19.9. The lowest BCUT2D eigenvalue weighted by atomic mass is 10.1. The van der Waals surface area contributed by atoms with Crippen molar-refractivity contribution in [3.8, 4) is 6.07 Å². The maximum Gasteiger partial charge on any atom is 0.261 e. The van der Waals surface area contributed by atoms with E-state index < -0.39 is 15.9 Å². The van der Waals surface area contributed by atoms with Gasteiger partial charge in [0.25, 0.3) is 10.0 Å². The van der Waals surface area contributed by atoms with Crippen LogP contribution in [-0.2, 0) is 14.8 Å². The Kier molecular flexibility index (Phi) is 6.07. The minimum atomic E-state index is -3.72. The van der Waals surface area contributed by atoms with Crippen molar-refractivity contribution in [2.75, 3.05) is 10.0 Å². The van der Waals surface area contributed by atoms with E-state index in [9.17, 15) is 13.2 Å². The highest BCUT2D eigenvalue weighted by molar-refractivity contribution is 7.92. The number of hydrogen-bond donors (Lipinski definition) is 2. The van der Waals surface area contributed by atoms with Crippen molar-refractivity contribution in [2.24, 2.45) is 0 Å². The maximum atomic E-state index is 12.4. The van der Waals surface area contributed by atoms with Gasteiger partial charge in [-0.3, -0.25) is 9.52 Å². The summed E-state index contributed by atoms with van der Waals surface area (Å²) in [5, 5.41) is 11.7. The smallest absolute Gasteiger partial charge is 0.261 e. The molecule has 6 nitrogen and oxygen atoms in total. The van der Waals surface area contributed by atoms with Crippen LogP contribution in [-0.4, -0.2) is 14.3 Å². The second kappa shape index (κ2) is 8.87. The maximum absolute atomic E-state index is 12.4. The van der Waals surface area contributed by atoms with Crippen LogP contribution in [0.25, 0.3) is 6.08 Å². The number of para-hydroxylation sites is 1. The first-order chi connectivity index (χ1) is 14.0. The van der Waals surface area contributed by atoms with Crippen molar-refractivity contribution < 1.29 is 13.2 Å². The van der Waals surface area contributed by atoms with E-state index in [-0.39, 0.29) is 4.90 Å². The van der Waals surface area contributed by atoms with Gasteiger partial charge < -0.3 is 5.32 Å². The number of carbonyl (C=O) groups excluding carboxylic acids is 1. The summed E-state index contributed by atoms with van der Waals surface area (Å²) in [6.07, 6.45) is 2.87. The molecule has 0 atom stereocenters. The third kappa shape index (κ3) is 5.31. The minimum absolute atomic E-state index is 0.0813. The molecule has 0 spiro atoms. The highest BCUT2D eigenvalue weighted by Crippen LogP contribution is 2.18. The molecule has 0 unspecified atom stereocenters. The molecule has 0 aliphatic heterocycles. The zero-order chi connectivity index (χ0) is 20.7. The summed E-state index contributed by atoms with van der Waals surface area (Å²) in [6, 6.07) is 23.4. The van der Waals surface area contributed by atoms with Crippen molar-refractivity contribution >= 4 is 33.4 Å². The lowest BCUT2D eigenvalue weighted by Gasteiger charge is -2.09. The molecule has 29 heavy (non-hydrogen) atoms. The van der Waals surface area contributed by atoms with Crippen LogP contribution >= 0.6 is 0 Å². The minimum Gasteiger partial charge on any atom is -0.323 e. The van der Waals surface area contributed by atoms with Crippen LogP contribution in [0.4, 0.5) is 11.4 Å². The van der Waals surface area contributed by atoms with Crippen LogP contribution in [0.2, 0.25) is 0 Å². The van der Waals surface area contributed by atoms with E-state index in [1.807, 2.05) is 0 Å². The van der Waals surface area contributed by atoms with Gasteiger partial charge in [-0.15, -0.1) is 0 Å². The summed E-state index contributed by atoms with van der Waals surface area (Å²) < 4.78 is 27.3. The van der Waals surface area contributed by atoms with Crippen molar-refractivity contribution in [2.45, 2.75) is 4.90 Å². The molecule has 3 aromatic carbocycles. The number of carbonyl (C=O) groups is 1. The molecule has 0 saturated carbocycles. The first-order valence-electron chi connectivity index (χ1n) is 8.64. The highest BCUT2D eigenvalue weighted by atomic mass is 32.2. The average Bonchev–Trinajstić information content (AvgIpc) is 2.73. The number of hydrogen-bond acceptors (Lipinski definition) is 4. The lowest BCUT2D eigenvalue weighted by molar-refractivity contribution is -0.111. The molecule has 1 amide bonds. The zero-order valence-corrected chi connectivity index (χ0v) is 16.1. The number of benzene rings is 3. The third-order valence-electron chi connectivity index (χ3n) is 3.95. The van der Waals surface area contributed by atoms with Crippen LogP contribution < -0.4 is 10.0 Å². The Labute approximate surface area is 169 Å². The molecule has 0 aliphatic rings. The van der Waals surface area contributed by atoms with E-state index in [4.69, 9.17) is 5.26 Å². The topological polar surface area (TPSA) is 99.1 Å². The second-order valence-electron chi connectivity index (χ2n) is 6.02. The van der Waals surface area contributed by atoms with Crippen LogP contribution in [0.1, 0.15) is 11.1 Å². The Hall–Kier alpha value is -3.89. The molecule has 7 heteroatoms. The Balaban J connectivity index is 1.66. The van der Waals surface area contributed by atoms with Crippen LogP contribution in [0.3, 0.4) is 0 Å². The fourth-order valence-corrected chi connectivity index (χ4v) is 3.59. The molecule has 0 radical (unpaired) electrons. The Morgan fingerprint density at radius 3 is 2.21 bits per heavy atom. The Morgan fingerprint density at radius 1 is 0.862 bits per heavy atom. The molecule has 0 saturated heterocycles. The standard InChI is InChI=1S/C22H17N3O3S/c23-16-18-7-5-4-6-17(18)10-15-22(26)24-19-11-13-21(14-12-19)29(27,28)25-20-8-2-1-3-9-20/h1-15,25H,(H,24,26). The molecule has 0 heterocycles. The van der Waals surface area contributed by atoms with Crippen LogP contribution in [0, 0.1) is 11.3 Å². The van der Waals surface area contributed by atoms with Gasteiger partial charge in [0.05, 0.1) is 16.5 Å². The largest absolute Gasteiger partial charge is 0.323 e. The van der Waals surface area contributed by atoms with Gasteiger partial charge in [0.2, 0.25) is 5.91 Å². The number of nitrogens with one attached hydrogen (secondary N) is 2. The van der Waals surface area contributed by atoms with Gasteiger partial charge in [0.15, 0.2) is 0 Å². The molecule has 0 aliphatic carbocycles. The summed E-state index contributed by atoms with van der Waals surface area (Å²) in [7, 11) is -3.72. The highest BCUT2D eigenvalue weighted by Gasteiger charge is 2.14. The van der Waals surface area contributed by atoms with Crippen molar-refractivity contribution in [3.05, 3.63) is 96.1 Å². The van der Waals surface area contributed by atoms with Crippen molar-refractivity contribution in [1.29, 1.82) is 5.26 Å². The molecule has 0 bridgehead atoms. The van der Waals surface area contributed by atoms with E-state index >= 15 is 0 Å². The predicted octanol–water partition coefficient (Wildman–Crippen LogP) is 4.01. The van der Waals surface area contributed by atoms with Gasteiger partial charge in [0.1, 0.15) is 0 Å². The normalized spacial score (nSPS) is 11.0. The van der Waals surface area contributed by atoms with Gasteiger partial charge in [-0.25, -0.2) is 8.42 Å². The zero-order valence-electron chi connectivity index (χ0n) is 15.2. The monoisotopic (exact) mass is 403 g/mol. The molecule has 0 fully saturated rings. The SMILES string of the molecule is N#Cc1ccccc1C=CC(=O)Nc1ccc(S(=O)(=O)Nc2ccccc2)cc1. The summed E-state index contributed by atoms with van der Waals surface area (Å²) in [5.41, 5.74) is 2.02. The molecule has 3 aromatic rings. The predicted molar refractivity (Wildman–Crippen MR) is 113 cm³/mol. The van der Waals surface area contributed by atoms with E-state index in [0.717, 1.165) is 0 Å². The summed E-state index contributed by atoms with van der Waals surface area (Å²) in [5.74, 6) is -0.393. The van der Waals surface area contributed by atoms with E-state index in [1.165, 1.54) is 30.3 Å². The first-order valence-corrected chi connectivity index (χ1v) is 10.1. The van der Waals surface area contributed by atoms with Crippen LogP contribution in [0.15, 0.2) is 89.8 Å². The number of anilines is 2. The number of sulfonamides is 1. The Bertz CT molecular complexity index is 1180. The number of amides is 1. The average molecular weight is 403 g/mol. The Morgan fingerprint density at radius 2 is 1.52 bits per heavy atom. The molecule has 2 N–H and O–H groups in total. The summed E-state index contributed by atoms with van der Waals surface area (Å²) in [4.78, 5) is 12.2. The molecular weight excluding hydrogens is 386 g/mol. The van der Waals surface area contributed by atoms with E-state index in [2.05, 4.69) is 16.1 Å². The second-order valence-corrected chi connectivity index (χ2v) is 7.70. The quantitative estimate of drug-likeness (QED) is 0.608. The van der Waals surface area contributed by atoms with Gasteiger partial charge in [0, 0.05) is 17.5 Å². The third-order valence-corrected chi connectivity index (χ3v) is 5.35. The fourth-order valence-electron chi connectivity index (χ4n) is 2.53.